The van der Waals surface area contributed by atoms with E-state index in [4.69, 9.17) is 23.7 Å². The Hall–Kier alpha value is -0.480. The minimum atomic E-state index is -1.37. The molecule has 4 fully saturated rings. The summed E-state index contributed by atoms with van der Waals surface area (Å²) < 4.78 is 33.4. The minimum absolute atomic E-state index is 0. The number of aliphatic carboxylic acids is 1. The van der Waals surface area contributed by atoms with Crippen molar-refractivity contribution in [3.05, 3.63) is 12.2 Å². The van der Waals surface area contributed by atoms with E-state index >= 15 is 0 Å². The minimum Gasteiger partial charge on any atom is -0.550 e. The van der Waals surface area contributed by atoms with Crippen molar-refractivity contribution in [2.24, 2.45) is 41.4 Å². The zero-order valence-electron chi connectivity index (χ0n) is 35.4. The summed E-state index contributed by atoms with van der Waals surface area (Å²) in [6.07, 6.45) is 5.22. The third kappa shape index (κ3) is 9.31. The Labute approximate surface area is 351 Å². The van der Waals surface area contributed by atoms with Gasteiger partial charge in [-0.05, 0) is 95.6 Å². The summed E-state index contributed by atoms with van der Waals surface area (Å²) in [6.45, 7) is 19.5. The number of carbonyl (C=O) groups is 2. The van der Waals surface area contributed by atoms with Crippen molar-refractivity contribution in [2.75, 3.05) is 0 Å². The largest absolute Gasteiger partial charge is 1.00 e. The third-order valence-corrected chi connectivity index (χ3v) is 14.4. The fourth-order valence-electron chi connectivity index (χ4n) is 10.5. The van der Waals surface area contributed by atoms with Gasteiger partial charge in [0.1, 0.15) is 11.9 Å². The molecule has 5 rings (SSSR count). The molecule has 18 atom stereocenters. The van der Waals surface area contributed by atoms with Crippen LogP contribution in [0, 0.1) is 41.4 Å². The smallest absolute Gasteiger partial charge is 0.550 e. The standard InChI is InChI=1S/C42H70O11.Na.H2O/c1-11-29(38(46)47)31-15-14-23(4)36(50-31)27(8)34(44)26(7)35(45)30(12-2)37-24(5)22-25(6)41(51-37)19-16-32(43)42(53-41)21-20-39(10,52-42)33-17-18-40(48,13-3)28(9)49-33;;/h16,19,23-34,36-37,43-44,48H,11-15,17-18,20-22H2,1-10H3,(H,46,47);;1H2/q;+1;/p-1/t23-,24-,25+,26-,27-,28-,29+,30-,31+,32+,33+,34+,36+,37-,39-,40+,41-,42-;;/m0../s1. The molecule has 0 amide bonds. The number of hydrogen-bond donors (Lipinski definition) is 3. The zero-order valence-corrected chi connectivity index (χ0v) is 37.4. The first-order valence-electron chi connectivity index (χ1n) is 20.7. The molecule has 0 saturated carbocycles. The molecule has 0 aromatic rings. The molecule has 55 heavy (non-hydrogen) atoms. The van der Waals surface area contributed by atoms with Gasteiger partial charge in [-0.2, -0.15) is 0 Å². The molecule has 312 valence electrons. The summed E-state index contributed by atoms with van der Waals surface area (Å²) in [7, 11) is 0. The predicted molar refractivity (Wildman–Crippen MR) is 200 cm³/mol. The van der Waals surface area contributed by atoms with Crippen molar-refractivity contribution >= 4 is 11.8 Å². The van der Waals surface area contributed by atoms with E-state index in [1.807, 2.05) is 41.5 Å². The van der Waals surface area contributed by atoms with Crippen molar-refractivity contribution in [3.63, 3.8) is 0 Å². The van der Waals surface area contributed by atoms with Gasteiger partial charge in [0.05, 0.1) is 47.8 Å². The molecule has 0 radical (unpaired) electrons. The summed E-state index contributed by atoms with van der Waals surface area (Å²) in [5, 5.41) is 46.0. The van der Waals surface area contributed by atoms with Crippen molar-refractivity contribution in [3.8, 4) is 0 Å². The Morgan fingerprint density at radius 2 is 1.56 bits per heavy atom. The number of carboxylic acids is 1. The molecule has 0 unspecified atom stereocenters. The molecule has 13 heteroatoms. The SMILES string of the molecule is CC[C@@H](C(=O)[C@@H](C)[C@@H](O)[C@H](C)[C@@H]1O[C@@H]([C@@H](CC)C(=O)[O-])CC[C@@H]1C)[C@H]1O[C@]2(C=C[C@@H](O)[C@]3(CC[C@@](C)([C@H]4CC[C@](O)(CC)[C@H](C)O4)O3)O2)[C@H](C)C[C@@H]1C.O.[Na+]. The second kappa shape index (κ2) is 18.8. The van der Waals surface area contributed by atoms with E-state index in [1.54, 1.807) is 19.1 Å². The molecule has 0 bridgehead atoms. The molecule has 5 N–H and O–H groups in total. The number of hydrogen-bond acceptors (Lipinski definition) is 11. The van der Waals surface area contributed by atoms with E-state index in [9.17, 15) is 30.0 Å². The van der Waals surface area contributed by atoms with Crippen molar-refractivity contribution in [1.82, 2.24) is 0 Å². The molecule has 0 aromatic heterocycles. The van der Waals surface area contributed by atoms with Crippen molar-refractivity contribution in [2.45, 2.75) is 199 Å². The maximum atomic E-state index is 14.4. The van der Waals surface area contributed by atoms with E-state index in [0.29, 0.717) is 57.8 Å². The van der Waals surface area contributed by atoms with E-state index in [1.165, 1.54) is 0 Å². The van der Waals surface area contributed by atoms with Gasteiger partial charge in [-0.1, -0.05) is 55.4 Å². The van der Waals surface area contributed by atoms with Gasteiger partial charge in [-0.3, -0.25) is 4.79 Å². The number of carboxylic acid groups (broad SMARTS) is 1. The van der Waals surface area contributed by atoms with Gasteiger partial charge in [-0.15, -0.1) is 0 Å². The van der Waals surface area contributed by atoms with Crippen LogP contribution in [0.2, 0.25) is 0 Å². The molecule has 12 nitrogen and oxygen atoms in total. The second-order valence-electron chi connectivity index (χ2n) is 17.9. The summed E-state index contributed by atoms with van der Waals surface area (Å²) in [4.78, 5) is 26.2. The number of aliphatic hydroxyl groups is 3. The molecule has 0 aliphatic carbocycles. The van der Waals surface area contributed by atoms with Crippen LogP contribution in [0.3, 0.4) is 0 Å². The number of aliphatic hydroxyl groups excluding tert-OH is 2. The number of ketones is 1. The van der Waals surface area contributed by atoms with E-state index in [2.05, 4.69) is 20.8 Å². The summed E-state index contributed by atoms with van der Waals surface area (Å²) >= 11 is 0. The van der Waals surface area contributed by atoms with Crippen LogP contribution in [0.15, 0.2) is 12.2 Å². The quantitative estimate of drug-likeness (QED) is 0.189. The average Bonchev–Trinajstić information content (AvgIpc) is 3.47. The number of carbonyl (C=O) groups excluding carboxylic acids is 2. The molecular formula is C42H71NaO12. The van der Waals surface area contributed by atoms with E-state index in [-0.39, 0.29) is 70.8 Å². The molecule has 2 spiro atoms. The van der Waals surface area contributed by atoms with Gasteiger partial charge in [0, 0.05) is 42.0 Å². The Kier molecular flexibility index (Phi) is 16.7. The Bertz CT molecular complexity index is 1330. The van der Waals surface area contributed by atoms with Crippen molar-refractivity contribution < 1.29 is 88.7 Å². The Morgan fingerprint density at radius 3 is 2.15 bits per heavy atom. The fourth-order valence-corrected chi connectivity index (χ4v) is 10.5. The van der Waals surface area contributed by atoms with E-state index < -0.39 is 82.9 Å². The summed E-state index contributed by atoms with van der Waals surface area (Å²) in [5.74, 6) is -6.24. The first kappa shape index (κ1) is 48.9. The van der Waals surface area contributed by atoms with Crippen LogP contribution in [-0.2, 0) is 33.3 Å². The maximum Gasteiger partial charge on any atom is 1.00 e. The number of rotatable bonds is 12. The van der Waals surface area contributed by atoms with Gasteiger partial charge >= 0.3 is 29.6 Å². The second-order valence-corrected chi connectivity index (χ2v) is 17.9. The molecule has 5 heterocycles. The number of Topliss-reactive ketones (excluding diaryl/α,β-unsaturated/α-hetero) is 1. The van der Waals surface area contributed by atoms with Gasteiger partial charge < -0.3 is 54.4 Å². The molecule has 0 aromatic carbocycles. The Balaban J connectivity index is 0.00000406. The first-order chi connectivity index (χ1) is 24.8. The Morgan fingerprint density at radius 1 is 0.909 bits per heavy atom. The van der Waals surface area contributed by atoms with Crippen LogP contribution in [0.4, 0.5) is 0 Å². The zero-order chi connectivity index (χ0) is 39.3. The van der Waals surface area contributed by atoms with Crippen LogP contribution in [0.1, 0.15) is 133 Å². The molecule has 5 aliphatic rings. The number of ether oxygens (including phenoxy) is 5. The van der Waals surface area contributed by atoms with Gasteiger partial charge in [0.2, 0.25) is 5.79 Å². The van der Waals surface area contributed by atoms with E-state index in [0.717, 1.165) is 6.42 Å². The van der Waals surface area contributed by atoms with Gasteiger partial charge in [0.25, 0.3) is 0 Å². The van der Waals surface area contributed by atoms with Crippen LogP contribution < -0.4 is 34.7 Å². The van der Waals surface area contributed by atoms with Gasteiger partial charge in [-0.25, -0.2) is 0 Å². The molecule has 4 saturated heterocycles. The summed E-state index contributed by atoms with van der Waals surface area (Å²) in [6, 6.07) is 0. The summed E-state index contributed by atoms with van der Waals surface area (Å²) in [5.41, 5.74) is -1.64. The third-order valence-electron chi connectivity index (χ3n) is 14.4. The molecule has 5 aliphatic heterocycles. The van der Waals surface area contributed by atoms with Crippen LogP contribution in [0.25, 0.3) is 0 Å². The van der Waals surface area contributed by atoms with Crippen LogP contribution in [-0.4, -0.2) is 98.1 Å². The fraction of sp³-hybridized carbons (Fsp3) is 0.905. The predicted octanol–water partition coefficient (Wildman–Crippen LogP) is 1.03. The van der Waals surface area contributed by atoms with Crippen LogP contribution >= 0.6 is 0 Å². The maximum absolute atomic E-state index is 14.4. The first-order valence-corrected chi connectivity index (χ1v) is 20.7. The average molecular weight is 791 g/mol. The monoisotopic (exact) mass is 790 g/mol. The molecular weight excluding hydrogens is 719 g/mol. The topological polar surface area (TPSA) is 196 Å². The van der Waals surface area contributed by atoms with Crippen LogP contribution in [0.5, 0.6) is 0 Å². The normalized spacial score (nSPS) is 44.5. The van der Waals surface area contributed by atoms with Crippen molar-refractivity contribution in [1.29, 1.82) is 0 Å². The van der Waals surface area contributed by atoms with Gasteiger partial charge in [0.15, 0.2) is 5.79 Å².